The lowest BCUT2D eigenvalue weighted by Gasteiger charge is -2.27. The second-order valence-electron chi connectivity index (χ2n) is 8.15. The second-order valence-corrected chi connectivity index (χ2v) is 9.87. The van der Waals surface area contributed by atoms with Crippen LogP contribution in [0.25, 0.3) is 0 Å². The van der Waals surface area contributed by atoms with Crippen molar-refractivity contribution in [3.63, 3.8) is 0 Å². The maximum atomic E-state index is 12.7. The van der Waals surface area contributed by atoms with Gasteiger partial charge in [0, 0.05) is 0 Å². The maximum absolute atomic E-state index is 12.7. The van der Waals surface area contributed by atoms with E-state index in [-0.39, 0.29) is 6.61 Å². The average Bonchev–Trinajstić information content (AvgIpc) is 2.48. The summed E-state index contributed by atoms with van der Waals surface area (Å²) in [5.74, 6) is -0.854. The third-order valence-corrected chi connectivity index (χ3v) is 4.65. The molecule has 0 aliphatic rings. The summed E-state index contributed by atoms with van der Waals surface area (Å²) >= 11 is 0. The molecule has 0 aliphatic carbocycles. The highest BCUT2D eigenvalue weighted by Crippen LogP contribution is 2.29. The summed E-state index contributed by atoms with van der Waals surface area (Å²) in [5.41, 5.74) is -2.50. The van der Waals surface area contributed by atoms with E-state index in [4.69, 9.17) is 9.47 Å². The van der Waals surface area contributed by atoms with Crippen LogP contribution in [0.15, 0.2) is 29.2 Å². The van der Waals surface area contributed by atoms with Crippen molar-refractivity contribution in [2.45, 2.75) is 69.9 Å². The van der Waals surface area contributed by atoms with Gasteiger partial charge in [-0.2, -0.15) is 17.9 Å². The van der Waals surface area contributed by atoms with Crippen molar-refractivity contribution in [3.05, 3.63) is 29.8 Å². The molecule has 0 saturated heterocycles. The second kappa shape index (κ2) is 8.38. The van der Waals surface area contributed by atoms with Crippen LogP contribution in [0.5, 0.6) is 0 Å². The van der Waals surface area contributed by atoms with Crippen molar-refractivity contribution < 1.29 is 35.9 Å². The van der Waals surface area contributed by atoms with Crippen LogP contribution >= 0.6 is 0 Å². The number of alkyl halides is 3. The largest absolute Gasteiger partial charge is 0.459 e. The smallest absolute Gasteiger partial charge is 0.416 e. The Morgan fingerprint density at radius 1 is 1.00 bits per heavy atom. The number of nitrogens with one attached hydrogen (secondary N) is 1. The molecule has 1 rings (SSSR count). The van der Waals surface area contributed by atoms with Crippen LogP contribution in [0, 0.1) is 0 Å². The highest BCUT2D eigenvalue weighted by Gasteiger charge is 2.33. The van der Waals surface area contributed by atoms with E-state index in [0.717, 1.165) is 12.1 Å². The fourth-order valence-electron chi connectivity index (χ4n) is 1.93. The molecule has 0 aliphatic heterocycles. The van der Waals surface area contributed by atoms with Gasteiger partial charge in [0.2, 0.25) is 10.0 Å². The number of hydrogen-bond acceptors (Lipinski definition) is 5. The zero-order chi connectivity index (χ0) is 22.0. The van der Waals surface area contributed by atoms with Gasteiger partial charge in [-0.05, 0) is 65.8 Å². The molecule has 0 spiro atoms. The van der Waals surface area contributed by atoms with Gasteiger partial charge in [0.15, 0.2) is 0 Å². The Bertz CT molecular complexity index is 775. The predicted molar refractivity (Wildman–Crippen MR) is 97.1 cm³/mol. The first-order valence-electron chi connectivity index (χ1n) is 8.47. The molecule has 0 heterocycles. The van der Waals surface area contributed by atoms with Crippen molar-refractivity contribution in [1.29, 1.82) is 0 Å². The lowest BCUT2D eigenvalue weighted by Crippen LogP contribution is -2.48. The van der Waals surface area contributed by atoms with Crippen LogP contribution in [0.2, 0.25) is 0 Å². The van der Waals surface area contributed by atoms with Crippen LogP contribution in [-0.4, -0.2) is 38.2 Å². The highest BCUT2D eigenvalue weighted by molar-refractivity contribution is 7.89. The molecular formula is C18H26F3NO5S. The van der Waals surface area contributed by atoms with Crippen LogP contribution in [0.3, 0.4) is 0 Å². The van der Waals surface area contributed by atoms with Gasteiger partial charge in [0.1, 0.15) is 11.6 Å². The fourth-order valence-corrected chi connectivity index (χ4v) is 3.10. The number of esters is 1. The topological polar surface area (TPSA) is 81.7 Å². The molecule has 0 fully saturated rings. The van der Waals surface area contributed by atoms with Gasteiger partial charge in [0.25, 0.3) is 0 Å². The van der Waals surface area contributed by atoms with Gasteiger partial charge in [-0.1, -0.05) is 0 Å². The molecule has 10 heteroatoms. The molecule has 0 bridgehead atoms. The quantitative estimate of drug-likeness (QED) is 0.706. The van der Waals surface area contributed by atoms with Gasteiger partial charge in [-0.25, -0.2) is 8.42 Å². The van der Waals surface area contributed by atoms with E-state index in [1.807, 2.05) is 0 Å². The number of benzene rings is 1. The zero-order valence-electron chi connectivity index (χ0n) is 16.7. The normalized spacial score (nSPS) is 14.6. The number of carbonyl (C=O) groups is 1. The van der Waals surface area contributed by atoms with Crippen LogP contribution in [0.1, 0.15) is 47.1 Å². The first kappa shape index (κ1) is 24.4. The number of sulfonamides is 1. The first-order valence-corrected chi connectivity index (χ1v) is 9.95. The standard InChI is InChI=1S/C18H26F3NO5S/c1-16(2,3)26-11-14(15(23)27-17(4,5)6)22-28(24,25)13-9-7-12(8-10-13)18(19,20)21/h7-10,14,22H,11H2,1-6H3. The Hall–Kier alpha value is -1.65. The monoisotopic (exact) mass is 425 g/mol. The Labute approximate surface area is 163 Å². The van der Waals surface area contributed by atoms with E-state index in [2.05, 4.69) is 4.72 Å². The minimum atomic E-state index is -4.59. The molecule has 28 heavy (non-hydrogen) atoms. The molecule has 1 aromatic rings. The van der Waals surface area contributed by atoms with Crippen molar-refractivity contribution in [2.75, 3.05) is 6.61 Å². The van der Waals surface area contributed by atoms with E-state index in [1.54, 1.807) is 41.5 Å². The molecule has 160 valence electrons. The highest BCUT2D eigenvalue weighted by atomic mass is 32.2. The summed E-state index contributed by atoms with van der Waals surface area (Å²) in [6, 6.07) is 1.58. The van der Waals surface area contributed by atoms with Crippen LogP contribution in [0.4, 0.5) is 13.2 Å². The summed E-state index contributed by atoms with van der Waals surface area (Å²) in [7, 11) is -4.29. The van der Waals surface area contributed by atoms with E-state index in [1.165, 1.54) is 0 Å². The lowest BCUT2D eigenvalue weighted by atomic mass is 10.2. The van der Waals surface area contributed by atoms with Gasteiger partial charge in [-0.3, -0.25) is 4.79 Å². The summed E-state index contributed by atoms with van der Waals surface area (Å²) in [6.07, 6.45) is -4.59. The Balaban J connectivity index is 3.08. The molecule has 1 aromatic carbocycles. The first-order chi connectivity index (χ1) is 12.4. The summed E-state index contributed by atoms with van der Waals surface area (Å²) in [4.78, 5) is 12.0. The molecule has 0 aromatic heterocycles. The van der Waals surface area contributed by atoms with Gasteiger partial charge < -0.3 is 9.47 Å². The Morgan fingerprint density at radius 3 is 1.89 bits per heavy atom. The summed E-state index contributed by atoms with van der Waals surface area (Å²) in [6.45, 7) is 9.74. The van der Waals surface area contributed by atoms with Crippen molar-refractivity contribution >= 4 is 16.0 Å². The van der Waals surface area contributed by atoms with E-state index < -0.39 is 49.9 Å². The van der Waals surface area contributed by atoms with Gasteiger partial charge >= 0.3 is 12.1 Å². The molecule has 0 saturated carbocycles. The minimum Gasteiger partial charge on any atom is -0.459 e. The van der Waals surface area contributed by atoms with Crippen LogP contribution < -0.4 is 4.72 Å². The number of rotatable bonds is 6. The third kappa shape index (κ3) is 8.15. The van der Waals surface area contributed by atoms with E-state index in [9.17, 15) is 26.4 Å². The van der Waals surface area contributed by atoms with Crippen molar-refractivity contribution in [1.82, 2.24) is 4.72 Å². The van der Waals surface area contributed by atoms with Gasteiger partial charge in [0.05, 0.1) is 22.7 Å². The van der Waals surface area contributed by atoms with E-state index in [0.29, 0.717) is 12.1 Å². The zero-order valence-corrected chi connectivity index (χ0v) is 17.5. The summed E-state index contributed by atoms with van der Waals surface area (Å²) < 4.78 is 75.9. The maximum Gasteiger partial charge on any atom is 0.416 e. The molecule has 1 unspecified atom stereocenters. The molecule has 0 amide bonds. The van der Waals surface area contributed by atoms with Crippen molar-refractivity contribution in [2.24, 2.45) is 0 Å². The number of ether oxygens (including phenoxy) is 2. The molecule has 1 atom stereocenters. The Morgan fingerprint density at radius 2 is 1.50 bits per heavy atom. The third-order valence-electron chi connectivity index (χ3n) is 3.16. The number of carbonyl (C=O) groups excluding carboxylic acids is 1. The number of halogens is 3. The van der Waals surface area contributed by atoms with Crippen molar-refractivity contribution in [3.8, 4) is 0 Å². The van der Waals surface area contributed by atoms with E-state index >= 15 is 0 Å². The molecule has 1 N–H and O–H groups in total. The molecule has 6 nitrogen and oxygen atoms in total. The molecular weight excluding hydrogens is 399 g/mol. The average molecular weight is 425 g/mol. The fraction of sp³-hybridized carbons (Fsp3) is 0.611. The predicted octanol–water partition coefficient (Wildman–Crippen LogP) is 3.51. The summed E-state index contributed by atoms with van der Waals surface area (Å²) in [5, 5.41) is 0. The number of hydrogen-bond donors (Lipinski definition) is 1. The van der Waals surface area contributed by atoms with Gasteiger partial charge in [-0.15, -0.1) is 0 Å². The Kier molecular flexibility index (Phi) is 7.30. The SMILES string of the molecule is CC(C)(C)OCC(NS(=O)(=O)c1ccc(C(F)(F)F)cc1)C(=O)OC(C)(C)C. The van der Waals surface area contributed by atoms with Crippen LogP contribution in [-0.2, 0) is 30.5 Å². The lowest BCUT2D eigenvalue weighted by molar-refractivity contribution is -0.159. The minimum absolute atomic E-state index is 0.307. The molecule has 0 radical (unpaired) electrons.